The molecular formula is C12H13Cl2NO3. The van der Waals surface area contributed by atoms with Crippen molar-refractivity contribution in [2.75, 3.05) is 7.05 Å². The Kier molecular flexibility index (Phi) is 5.44. The van der Waals surface area contributed by atoms with E-state index in [4.69, 9.17) is 28.3 Å². The Morgan fingerprint density at radius 1 is 1.28 bits per heavy atom. The third-order valence-electron chi connectivity index (χ3n) is 2.42. The van der Waals surface area contributed by atoms with Crippen LogP contribution in [0.15, 0.2) is 18.2 Å². The van der Waals surface area contributed by atoms with Crippen LogP contribution in [0.1, 0.15) is 18.4 Å². The Bertz CT molecular complexity index is 463. The number of rotatable bonds is 5. The molecule has 0 aromatic heterocycles. The van der Waals surface area contributed by atoms with Crippen LogP contribution in [0, 0.1) is 0 Å². The summed E-state index contributed by atoms with van der Waals surface area (Å²) in [6.45, 7) is 0.303. The lowest BCUT2D eigenvalue weighted by Crippen LogP contribution is -2.26. The van der Waals surface area contributed by atoms with Crippen molar-refractivity contribution in [2.24, 2.45) is 0 Å². The molecule has 0 saturated heterocycles. The molecule has 1 rings (SSSR count). The summed E-state index contributed by atoms with van der Waals surface area (Å²) in [6.07, 6.45) is -0.198. The maximum Gasteiger partial charge on any atom is 0.303 e. The first-order valence-corrected chi connectivity index (χ1v) is 6.06. The molecule has 0 aliphatic carbocycles. The minimum absolute atomic E-state index is 0.0238. The van der Waals surface area contributed by atoms with Gasteiger partial charge in [-0.3, -0.25) is 9.59 Å². The van der Waals surface area contributed by atoms with E-state index in [1.807, 2.05) is 0 Å². The van der Waals surface area contributed by atoms with Gasteiger partial charge in [0.2, 0.25) is 5.91 Å². The van der Waals surface area contributed by atoms with Crippen molar-refractivity contribution in [2.45, 2.75) is 19.4 Å². The summed E-state index contributed by atoms with van der Waals surface area (Å²) in [5.41, 5.74) is 0.732. The van der Waals surface area contributed by atoms with Crippen LogP contribution in [0.5, 0.6) is 0 Å². The highest BCUT2D eigenvalue weighted by Gasteiger charge is 2.13. The van der Waals surface area contributed by atoms with E-state index < -0.39 is 5.97 Å². The zero-order valence-corrected chi connectivity index (χ0v) is 11.3. The molecule has 0 unspecified atom stereocenters. The summed E-state index contributed by atoms with van der Waals surface area (Å²) in [5, 5.41) is 9.35. The monoisotopic (exact) mass is 289 g/mol. The number of carboxylic acids is 1. The molecule has 18 heavy (non-hydrogen) atoms. The predicted octanol–water partition coefficient (Wildman–Crippen LogP) is 2.82. The van der Waals surface area contributed by atoms with Crippen LogP contribution in [0.2, 0.25) is 10.0 Å². The number of benzene rings is 1. The Morgan fingerprint density at radius 2 is 1.94 bits per heavy atom. The number of carboxylic acid groups (broad SMARTS) is 1. The summed E-state index contributed by atoms with van der Waals surface area (Å²) in [4.78, 5) is 23.4. The van der Waals surface area contributed by atoms with Crippen LogP contribution < -0.4 is 0 Å². The highest BCUT2D eigenvalue weighted by Crippen LogP contribution is 2.26. The molecule has 0 saturated carbocycles. The molecule has 0 aliphatic rings. The van der Waals surface area contributed by atoms with E-state index in [0.29, 0.717) is 16.6 Å². The van der Waals surface area contributed by atoms with Crippen molar-refractivity contribution in [1.29, 1.82) is 0 Å². The van der Waals surface area contributed by atoms with Crippen molar-refractivity contribution in [1.82, 2.24) is 4.90 Å². The summed E-state index contributed by atoms with van der Waals surface area (Å²) in [7, 11) is 1.60. The van der Waals surface area contributed by atoms with Crippen LogP contribution in [0.25, 0.3) is 0 Å². The molecule has 0 aliphatic heterocycles. The lowest BCUT2D eigenvalue weighted by Gasteiger charge is -2.18. The molecule has 0 heterocycles. The van der Waals surface area contributed by atoms with Crippen LogP contribution in [-0.4, -0.2) is 28.9 Å². The molecule has 0 radical (unpaired) electrons. The van der Waals surface area contributed by atoms with Gasteiger partial charge in [-0.2, -0.15) is 0 Å². The quantitative estimate of drug-likeness (QED) is 0.907. The largest absolute Gasteiger partial charge is 0.481 e. The zero-order valence-electron chi connectivity index (χ0n) is 9.82. The van der Waals surface area contributed by atoms with Gasteiger partial charge < -0.3 is 10.0 Å². The molecular weight excluding hydrogens is 277 g/mol. The number of hydrogen-bond acceptors (Lipinski definition) is 2. The van der Waals surface area contributed by atoms with Gasteiger partial charge >= 0.3 is 5.97 Å². The highest BCUT2D eigenvalue weighted by molar-refractivity contribution is 6.42. The number of carbonyl (C=O) groups excluding carboxylic acids is 1. The number of halogens is 2. The molecule has 1 aromatic rings. The minimum atomic E-state index is -0.988. The van der Waals surface area contributed by atoms with Crippen LogP contribution in [-0.2, 0) is 16.1 Å². The molecule has 1 aromatic carbocycles. The first-order chi connectivity index (χ1) is 8.41. The number of amides is 1. The number of nitrogens with zero attached hydrogens (tertiary/aromatic N) is 1. The van der Waals surface area contributed by atoms with Gasteiger partial charge in [-0.05, 0) is 11.6 Å². The molecule has 0 atom stereocenters. The molecule has 1 amide bonds. The van der Waals surface area contributed by atoms with Gasteiger partial charge in [-0.25, -0.2) is 0 Å². The van der Waals surface area contributed by atoms with Gasteiger partial charge in [0.25, 0.3) is 0 Å². The van der Waals surface area contributed by atoms with E-state index in [2.05, 4.69) is 0 Å². The van der Waals surface area contributed by atoms with E-state index in [9.17, 15) is 9.59 Å². The van der Waals surface area contributed by atoms with E-state index >= 15 is 0 Å². The van der Waals surface area contributed by atoms with Crippen LogP contribution >= 0.6 is 23.2 Å². The van der Waals surface area contributed by atoms with Crippen molar-refractivity contribution >= 4 is 35.1 Å². The zero-order chi connectivity index (χ0) is 13.7. The average Bonchev–Trinajstić information content (AvgIpc) is 2.31. The summed E-state index contributed by atoms with van der Waals surface area (Å²) in [5.74, 6) is -1.23. The summed E-state index contributed by atoms with van der Waals surface area (Å²) >= 11 is 11.9. The third-order valence-corrected chi connectivity index (χ3v) is 3.28. The lowest BCUT2D eigenvalue weighted by atomic mass is 10.2. The SMILES string of the molecule is CN(Cc1cccc(Cl)c1Cl)C(=O)CCC(=O)O. The smallest absolute Gasteiger partial charge is 0.303 e. The third kappa shape index (κ3) is 4.20. The molecule has 98 valence electrons. The Labute approximate surface area is 115 Å². The van der Waals surface area contributed by atoms with Gasteiger partial charge in [-0.1, -0.05) is 35.3 Å². The fraction of sp³-hybridized carbons (Fsp3) is 0.333. The van der Waals surface area contributed by atoms with Gasteiger partial charge in [-0.15, -0.1) is 0 Å². The van der Waals surface area contributed by atoms with E-state index in [0.717, 1.165) is 5.56 Å². The standard InChI is InChI=1S/C12H13Cl2NO3/c1-15(10(16)5-6-11(17)18)7-8-3-2-4-9(13)12(8)14/h2-4H,5-7H2,1H3,(H,17,18). The average molecular weight is 290 g/mol. The first-order valence-electron chi connectivity index (χ1n) is 5.30. The molecule has 6 heteroatoms. The second-order valence-corrected chi connectivity index (χ2v) is 4.64. The molecule has 0 spiro atoms. The van der Waals surface area contributed by atoms with Crippen LogP contribution in [0.4, 0.5) is 0 Å². The Hall–Kier alpha value is -1.26. The predicted molar refractivity (Wildman–Crippen MR) is 69.8 cm³/mol. The van der Waals surface area contributed by atoms with Gasteiger partial charge in [0.1, 0.15) is 0 Å². The van der Waals surface area contributed by atoms with Crippen molar-refractivity contribution in [3.63, 3.8) is 0 Å². The van der Waals surface area contributed by atoms with E-state index in [-0.39, 0.29) is 18.7 Å². The number of aliphatic carboxylic acids is 1. The minimum Gasteiger partial charge on any atom is -0.481 e. The van der Waals surface area contributed by atoms with Crippen molar-refractivity contribution in [3.05, 3.63) is 33.8 Å². The Balaban J connectivity index is 2.64. The van der Waals surface area contributed by atoms with Gasteiger partial charge in [0, 0.05) is 20.0 Å². The van der Waals surface area contributed by atoms with Gasteiger partial charge in [0.15, 0.2) is 0 Å². The molecule has 0 fully saturated rings. The maximum atomic E-state index is 11.6. The molecule has 0 bridgehead atoms. The van der Waals surface area contributed by atoms with E-state index in [1.54, 1.807) is 25.2 Å². The first kappa shape index (κ1) is 14.8. The normalized spacial score (nSPS) is 10.2. The van der Waals surface area contributed by atoms with Crippen molar-refractivity contribution in [3.8, 4) is 0 Å². The lowest BCUT2D eigenvalue weighted by molar-refractivity contribution is -0.140. The topological polar surface area (TPSA) is 57.6 Å². The summed E-state index contributed by atoms with van der Waals surface area (Å²) in [6, 6.07) is 5.19. The molecule has 4 nitrogen and oxygen atoms in total. The number of hydrogen-bond donors (Lipinski definition) is 1. The fourth-order valence-electron chi connectivity index (χ4n) is 1.42. The Morgan fingerprint density at radius 3 is 2.56 bits per heavy atom. The fourth-order valence-corrected chi connectivity index (χ4v) is 1.80. The molecule has 1 N–H and O–H groups in total. The second kappa shape index (κ2) is 6.61. The number of carbonyl (C=O) groups is 2. The maximum absolute atomic E-state index is 11.6. The van der Waals surface area contributed by atoms with Crippen molar-refractivity contribution < 1.29 is 14.7 Å². The van der Waals surface area contributed by atoms with Crippen LogP contribution in [0.3, 0.4) is 0 Å². The van der Waals surface area contributed by atoms with E-state index in [1.165, 1.54) is 4.90 Å². The van der Waals surface area contributed by atoms with Gasteiger partial charge in [0.05, 0.1) is 16.5 Å². The second-order valence-electron chi connectivity index (χ2n) is 3.86. The highest BCUT2D eigenvalue weighted by atomic mass is 35.5. The summed E-state index contributed by atoms with van der Waals surface area (Å²) < 4.78 is 0.